The highest BCUT2D eigenvalue weighted by Gasteiger charge is 2.22. The first kappa shape index (κ1) is 30.5. The predicted molar refractivity (Wildman–Crippen MR) is 166 cm³/mol. The largest absolute Gasteiger partial charge is 0.448 e. The van der Waals surface area contributed by atoms with E-state index in [0.29, 0.717) is 16.9 Å². The third-order valence-electron chi connectivity index (χ3n) is 6.33. The molecule has 0 fully saturated rings. The lowest BCUT2D eigenvalue weighted by atomic mass is 10.1. The Morgan fingerprint density at radius 1 is 0.929 bits per heavy atom. The SMILES string of the molecule is CCC[n+]1cc(Br)cc(C(=O)N(CCOC(=O)NC(C)COC(=O)Nc2cccc3ccccc23)c2ccccc2)c1. The van der Waals surface area contributed by atoms with E-state index in [-0.39, 0.29) is 25.7 Å². The van der Waals surface area contributed by atoms with Crippen molar-refractivity contribution in [2.24, 2.45) is 0 Å². The number of hydrogen-bond acceptors (Lipinski definition) is 5. The van der Waals surface area contributed by atoms with E-state index in [2.05, 4.69) is 33.5 Å². The number of amides is 3. The lowest BCUT2D eigenvalue weighted by Gasteiger charge is -2.23. The summed E-state index contributed by atoms with van der Waals surface area (Å²) in [4.78, 5) is 39.9. The van der Waals surface area contributed by atoms with E-state index in [1.807, 2.05) is 83.7 Å². The van der Waals surface area contributed by atoms with Crippen LogP contribution in [0.3, 0.4) is 0 Å². The summed E-state index contributed by atoms with van der Waals surface area (Å²) in [5.74, 6) is -0.213. The summed E-state index contributed by atoms with van der Waals surface area (Å²) in [6.45, 7) is 4.61. The number of carbonyl (C=O) groups excluding carboxylic acids is 3. The fourth-order valence-corrected chi connectivity index (χ4v) is 4.92. The second kappa shape index (κ2) is 15.0. The minimum Gasteiger partial charge on any atom is -0.448 e. The summed E-state index contributed by atoms with van der Waals surface area (Å²) in [7, 11) is 0. The molecule has 3 aromatic carbocycles. The molecule has 0 saturated heterocycles. The van der Waals surface area contributed by atoms with Crippen molar-refractivity contribution in [1.82, 2.24) is 5.32 Å². The fourth-order valence-electron chi connectivity index (χ4n) is 4.41. The molecule has 2 N–H and O–H groups in total. The van der Waals surface area contributed by atoms with Gasteiger partial charge in [-0.05, 0) is 52.5 Å². The smallest absolute Gasteiger partial charge is 0.411 e. The van der Waals surface area contributed by atoms with Crippen LogP contribution in [0.5, 0.6) is 0 Å². The maximum atomic E-state index is 13.5. The number of fused-ring (bicyclic) bond motifs is 1. The van der Waals surface area contributed by atoms with Gasteiger partial charge in [0.05, 0.1) is 22.7 Å². The maximum absolute atomic E-state index is 13.5. The highest BCUT2D eigenvalue weighted by molar-refractivity contribution is 9.10. The summed E-state index contributed by atoms with van der Waals surface area (Å²) >= 11 is 3.49. The van der Waals surface area contributed by atoms with Crippen molar-refractivity contribution in [1.29, 1.82) is 0 Å². The van der Waals surface area contributed by atoms with Crippen LogP contribution >= 0.6 is 15.9 Å². The molecule has 9 nitrogen and oxygen atoms in total. The average Bonchev–Trinajstić information content (AvgIpc) is 2.98. The number of aromatic nitrogens is 1. The number of alkyl carbamates (subject to hydrolysis) is 1. The second-order valence-corrected chi connectivity index (χ2v) is 10.6. The van der Waals surface area contributed by atoms with E-state index < -0.39 is 18.2 Å². The molecule has 0 aliphatic carbocycles. The Hall–Kier alpha value is -4.44. The van der Waals surface area contributed by atoms with Gasteiger partial charge in [-0.15, -0.1) is 0 Å². The summed E-state index contributed by atoms with van der Waals surface area (Å²) in [6.07, 6.45) is 3.37. The molecule has 0 bridgehead atoms. The Bertz CT molecular complexity index is 1530. The topological polar surface area (TPSA) is 101 Å². The highest BCUT2D eigenvalue weighted by Crippen LogP contribution is 2.23. The second-order valence-electron chi connectivity index (χ2n) is 9.70. The van der Waals surface area contributed by atoms with E-state index in [0.717, 1.165) is 28.2 Å². The number of benzene rings is 3. The van der Waals surface area contributed by atoms with Gasteiger partial charge in [-0.2, -0.15) is 0 Å². The monoisotopic (exact) mass is 633 g/mol. The van der Waals surface area contributed by atoms with Crippen LogP contribution in [0.2, 0.25) is 0 Å². The minimum absolute atomic E-state index is 0.0371. The van der Waals surface area contributed by atoms with Crippen LogP contribution in [-0.2, 0) is 16.0 Å². The standard InChI is InChI=1S/C32H33BrN4O5/c1-3-16-36-20-25(19-26(33)21-36)30(38)37(27-12-5-4-6-13-27)17-18-41-31(39)34-23(2)22-42-32(40)35-29-15-9-11-24-10-7-8-14-28(24)29/h4-15,19-21,23H,3,16-18,22H2,1-2H3,(H-,34,35,39,40)/p+1. The van der Waals surface area contributed by atoms with Gasteiger partial charge < -0.3 is 19.7 Å². The summed E-state index contributed by atoms with van der Waals surface area (Å²) in [5.41, 5.74) is 1.84. The lowest BCUT2D eigenvalue weighted by molar-refractivity contribution is -0.697. The normalized spacial score (nSPS) is 11.4. The first-order valence-electron chi connectivity index (χ1n) is 13.8. The van der Waals surface area contributed by atoms with Crippen molar-refractivity contribution < 1.29 is 28.4 Å². The van der Waals surface area contributed by atoms with Crippen molar-refractivity contribution in [3.8, 4) is 0 Å². The number of nitrogens with zero attached hydrogens (tertiary/aromatic N) is 2. The van der Waals surface area contributed by atoms with Crippen LogP contribution in [0.4, 0.5) is 21.0 Å². The van der Waals surface area contributed by atoms with Gasteiger partial charge >= 0.3 is 12.2 Å². The van der Waals surface area contributed by atoms with Crippen LogP contribution in [0.1, 0.15) is 30.6 Å². The van der Waals surface area contributed by atoms with Gasteiger partial charge in [0.2, 0.25) is 0 Å². The number of hydrogen-bond donors (Lipinski definition) is 2. The van der Waals surface area contributed by atoms with E-state index in [1.165, 1.54) is 0 Å². The number of halogens is 1. The predicted octanol–water partition coefficient (Wildman–Crippen LogP) is 6.31. The molecular weight excluding hydrogens is 600 g/mol. The van der Waals surface area contributed by atoms with Gasteiger partial charge in [-0.3, -0.25) is 10.1 Å². The molecule has 0 saturated carbocycles. The number of nitrogens with one attached hydrogen (secondary N) is 2. The van der Waals surface area contributed by atoms with E-state index in [9.17, 15) is 14.4 Å². The van der Waals surface area contributed by atoms with Gasteiger partial charge in [-0.1, -0.05) is 61.5 Å². The zero-order valence-electron chi connectivity index (χ0n) is 23.6. The van der Waals surface area contributed by atoms with Gasteiger partial charge in [0.25, 0.3) is 5.91 Å². The van der Waals surface area contributed by atoms with E-state index >= 15 is 0 Å². The summed E-state index contributed by atoms with van der Waals surface area (Å²) in [6, 6.07) is 23.8. The Kier molecular flexibility index (Phi) is 10.9. The third-order valence-corrected chi connectivity index (χ3v) is 6.77. The molecule has 0 spiro atoms. The number of para-hydroxylation sites is 1. The molecule has 42 heavy (non-hydrogen) atoms. The van der Waals surface area contributed by atoms with Crippen LogP contribution in [0.25, 0.3) is 10.8 Å². The fraction of sp³-hybridized carbons (Fsp3) is 0.250. The molecule has 4 aromatic rings. The number of rotatable bonds is 11. The number of pyridine rings is 1. The summed E-state index contributed by atoms with van der Waals surface area (Å²) in [5, 5.41) is 7.30. The maximum Gasteiger partial charge on any atom is 0.411 e. The van der Waals surface area contributed by atoms with Gasteiger partial charge in [-0.25, -0.2) is 14.2 Å². The van der Waals surface area contributed by atoms with Crippen LogP contribution in [-0.4, -0.2) is 43.9 Å². The first-order valence-corrected chi connectivity index (χ1v) is 14.5. The van der Waals surface area contributed by atoms with Crippen molar-refractivity contribution in [2.75, 3.05) is 30.0 Å². The molecule has 4 rings (SSSR count). The zero-order valence-corrected chi connectivity index (χ0v) is 25.2. The molecule has 1 atom stereocenters. The Morgan fingerprint density at radius 2 is 1.67 bits per heavy atom. The zero-order chi connectivity index (χ0) is 29.9. The molecule has 1 unspecified atom stereocenters. The molecule has 10 heteroatoms. The highest BCUT2D eigenvalue weighted by atomic mass is 79.9. The average molecular weight is 635 g/mol. The minimum atomic E-state index is -0.677. The van der Waals surface area contributed by atoms with E-state index in [1.54, 1.807) is 24.0 Å². The quantitative estimate of drug-likeness (QED) is 0.189. The number of anilines is 2. The van der Waals surface area contributed by atoms with Gasteiger partial charge in [0.15, 0.2) is 12.4 Å². The van der Waals surface area contributed by atoms with Gasteiger partial charge in [0, 0.05) is 17.5 Å². The van der Waals surface area contributed by atoms with Crippen molar-refractivity contribution >= 4 is 56.2 Å². The molecule has 0 aliphatic heterocycles. The molecule has 1 aromatic heterocycles. The third kappa shape index (κ3) is 8.53. The molecule has 0 radical (unpaired) electrons. The Labute approximate surface area is 253 Å². The van der Waals surface area contributed by atoms with Crippen LogP contribution in [0.15, 0.2) is 95.7 Å². The molecule has 3 amide bonds. The van der Waals surface area contributed by atoms with Gasteiger partial charge in [0.1, 0.15) is 25.3 Å². The van der Waals surface area contributed by atoms with E-state index in [4.69, 9.17) is 9.47 Å². The molecular formula is C32H34BrN4O5+. The van der Waals surface area contributed by atoms with Crippen molar-refractivity contribution in [3.63, 3.8) is 0 Å². The Balaban J connectivity index is 1.28. The number of aryl methyl sites for hydroxylation is 1. The van der Waals surface area contributed by atoms with Crippen LogP contribution in [0, 0.1) is 0 Å². The molecule has 218 valence electrons. The molecule has 0 aliphatic rings. The number of carbonyl (C=O) groups is 3. The van der Waals surface area contributed by atoms with Crippen molar-refractivity contribution in [2.45, 2.75) is 32.9 Å². The Morgan fingerprint density at radius 3 is 2.45 bits per heavy atom. The first-order chi connectivity index (χ1) is 20.3. The molecule has 1 heterocycles. The van der Waals surface area contributed by atoms with Crippen LogP contribution < -0.4 is 20.1 Å². The number of ether oxygens (including phenoxy) is 2. The lowest BCUT2D eigenvalue weighted by Crippen LogP contribution is -2.40. The van der Waals surface area contributed by atoms with Crippen molar-refractivity contribution in [3.05, 3.63) is 101 Å². The summed E-state index contributed by atoms with van der Waals surface area (Å²) < 4.78 is 13.4.